The van der Waals surface area contributed by atoms with Gasteiger partial charge in [0.25, 0.3) is 0 Å². The Morgan fingerprint density at radius 1 is 1.46 bits per heavy atom. The molecule has 1 rings (SSSR count). The van der Waals surface area contributed by atoms with Gasteiger partial charge in [-0.05, 0) is 34.2 Å². The van der Waals surface area contributed by atoms with Crippen LogP contribution in [-0.4, -0.2) is 48.0 Å². The highest BCUT2D eigenvalue weighted by Crippen LogP contribution is 2.18. The van der Waals surface area contributed by atoms with Crippen molar-refractivity contribution in [3.05, 3.63) is 0 Å². The Morgan fingerprint density at radius 3 is 2.46 bits per heavy atom. The summed E-state index contributed by atoms with van der Waals surface area (Å²) in [6.45, 7) is 7.66. The summed E-state index contributed by atoms with van der Waals surface area (Å²) in [5.74, 6) is 0. The number of rotatable bonds is 2. The molecule has 0 radical (unpaired) electrons. The van der Waals surface area contributed by atoms with Crippen LogP contribution in [0.5, 0.6) is 0 Å². The minimum absolute atomic E-state index is 0.0750. The van der Waals surface area contributed by atoms with Crippen molar-refractivity contribution in [2.45, 2.75) is 44.9 Å². The second-order valence-electron chi connectivity index (χ2n) is 4.91. The summed E-state index contributed by atoms with van der Waals surface area (Å²) in [5.41, 5.74) is -0.0750. The first-order valence-electron chi connectivity index (χ1n) is 4.91. The van der Waals surface area contributed by atoms with Crippen LogP contribution in [0.25, 0.3) is 0 Å². The lowest BCUT2D eigenvalue weighted by atomic mass is 10.1. The van der Waals surface area contributed by atoms with Gasteiger partial charge in [-0.2, -0.15) is 0 Å². The van der Waals surface area contributed by atoms with Crippen molar-refractivity contribution >= 4 is 0 Å². The van der Waals surface area contributed by atoms with E-state index in [0.717, 1.165) is 19.6 Å². The summed E-state index contributed by atoms with van der Waals surface area (Å²) in [6.07, 6.45) is 0.672. The molecule has 0 aromatic heterocycles. The second-order valence-corrected chi connectivity index (χ2v) is 4.91. The number of hydrogen-bond donors (Lipinski definition) is 1. The van der Waals surface area contributed by atoms with Gasteiger partial charge >= 0.3 is 0 Å². The van der Waals surface area contributed by atoms with E-state index in [2.05, 4.69) is 25.7 Å². The van der Waals surface area contributed by atoms with E-state index in [9.17, 15) is 5.11 Å². The summed E-state index contributed by atoms with van der Waals surface area (Å²) < 4.78 is 5.68. The zero-order valence-corrected chi connectivity index (χ0v) is 9.08. The van der Waals surface area contributed by atoms with Crippen molar-refractivity contribution in [2.75, 3.05) is 20.2 Å². The Hall–Kier alpha value is -0.120. The van der Waals surface area contributed by atoms with Gasteiger partial charge in [0.1, 0.15) is 0 Å². The molecule has 2 atom stereocenters. The van der Waals surface area contributed by atoms with Crippen LogP contribution in [0.1, 0.15) is 27.2 Å². The number of aliphatic hydroxyl groups is 1. The van der Waals surface area contributed by atoms with E-state index in [1.807, 2.05) is 7.05 Å². The third kappa shape index (κ3) is 3.63. The third-order valence-electron chi connectivity index (χ3n) is 2.37. The number of likely N-dealkylation sites (tertiary alicyclic amines) is 1. The maximum atomic E-state index is 9.40. The predicted molar refractivity (Wildman–Crippen MR) is 52.7 cm³/mol. The van der Waals surface area contributed by atoms with Crippen LogP contribution in [0.2, 0.25) is 0 Å². The molecule has 78 valence electrons. The molecule has 13 heavy (non-hydrogen) atoms. The minimum Gasteiger partial charge on any atom is -0.392 e. The van der Waals surface area contributed by atoms with Gasteiger partial charge in [0.05, 0.1) is 18.3 Å². The van der Waals surface area contributed by atoms with Crippen molar-refractivity contribution in [1.29, 1.82) is 0 Å². The molecule has 1 heterocycles. The number of nitrogens with zero attached hydrogens (tertiary/aromatic N) is 1. The normalized spacial score (nSPS) is 31.2. The van der Waals surface area contributed by atoms with Crippen LogP contribution in [0.3, 0.4) is 0 Å². The highest BCUT2D eigenvalue weighted by atomic mass is 16.5. The lowest BCUT2D eigenvalue weighted by Gasteiger charge is -2.25. The standard InChI is InChI=1S/C10H21NO2/c1-10(2,3)13-7-8-5-9(12)6-11(8)4/h8-9,12H,5-7H2,1-4H3/t8-,9-/m1/s1. The summed E-state index contributed by atoms with van der Waals surface area (Å²) in [4.78, 5) is 2.16. The first kappa shape index (κ1) is 11.0. The zero-order chi connectivity index (χ0) is 10.1. The molecule has 3 heteroatoms. The molecule has 0 aromatic carbocycles. The molecule has 0 aromatic rings. The van der Waals surface area contributed by atoms with Crippen LogP contribution in [-0.2, 0) is 4.74 Å². The summed E-state index contributed by atoms with van der Waals surface area (Å²) >= 11 is 0. The lowest BCUT2D eigenvalue weighted by molar-refractivity contribution is -0.0254. The van der Waals surface area contributed by atoms with E-state index in [-0.39, 0.29) is 11.7 Å². The average molecular weight is 187 g/mol. The van der Waals surface area contributed by atoms with Crippen molar-refractivity contribution in [2.24, 2.45) is 0 Å². The first-order chi connectivity index (χ1) is 5.88. The highest BCUT2D eigenvalue weighted by Gasteiger charge is 2.29. The van der Waals surface area contributed by atoms with E-state index in [1.165, 1.54) is 0 Å². The summed E-state index contributed by atoms with van der Waals surface area (Å²) in [5, 5.41) is 9.40. The van der Waals surface area contributed by atoms with E-state index < -0.39 is 0 Å². The van der Waals surface area contributed by atoms with Crippen LogP contribution in [0.4, 0.5) is 0 Å². The van der Waals surface area contributed by atoms with Crippen molar-refractivity contribution in [3.63, 3.8) is 0 Å². The Kier molecular flexibility index (Phi) is 3.33. The van der Waals surface area contributed by atoms with Crippen molar-refractivity contribution < 1.29 is 9.84 Å². The molecular formula is C10H21NO2. The van der Waals surface area contributed by atoms with E-state index in [4.69, 9.17) is 4.74 Å². The zero-order valence-electron chi connectivity index (χ0n) is 9.08. The predicted octanol–water partition coefficient (Wildman–Crippen LogP) is 0.866. The van der Waals surface area contributed by atoms with Gasteiger partial charge in [0.2, 0.25) is 0 Å². The van der Waals surface area contributed by atoms with Gasteiger partial charge in [-0.3, -0.25) is 4.90 Å². The Morgan fingerprint density at radius 2 is 2.08 bits per heavy atom. The van der Waals surface area contributed by atoms with E-state index in [1.54, 1.807) is 0 Å². The maximum Gasteiger partial charge on any atom is 0.0682 e. The fraction of sp³-hybridized carbons (Fsp3) is 1.00. The number of hydrogen-bond acceptors (Lipinski definition) is 3. The molecule has 0 aliphatic carbocycles. The molecule has 1 saturated heterocycles. The number of ether oxygens (including phenoxy) is 1. The van der Waals surface area contributed by atoms with Gasteiger partial charge < -0.3 is 9.84 Å². The van der Waals surface area contributed by atoms with Gasteiger partial charge in [0.15, 0.2) is 0 Å². The molecule has 1 aliphatic rings. The molecule has 0 spiro atoms. The molecule has 1 fully saturated rings. The largest absolute Gasteiger partial charge is 0.392 e. The fourth-order valence-corrected chi connectivity index (χ4v) is 1.59. The van der Waals surface area contributed by atoms with Gasteiger partial charge in [0, 0.05) is 12.6 Å². The molecule has 0 unspecified atom stereocenters. The maximum absolute atomic E-state index is 9.40. The molecule has 0 amide bonds. The van der Waals surface area contributed by atoms with Gasteiger partial charge in [-0.1, -0.05) is 0 Å². The first-order valence-corrected chi connectivity index (χ1v) is 4.91. The van der Waals surface area contributed by atoms with Crippen molar-refractivity contribution in [1.82, 2.24) is 4.90 Å². The number of β-amino-alcohol motifs (C(OH)–C–C–N with tert-alkyl or cyclic N) is 1. The Labute approximate surface area is 80.7 Å². The molecule has 3 nitrogen and oxygen atoms in total. The molecule has 1 aliphatic heterocycles. The lowest BCUT2D eigenvalue weighted by Crippen LogP contribution is -2.33. The Balaban J connectivity index is 2.30. The number of aliphatic hydroxyl groups excluding tert-OH is 1. The van der Waals surface area contributed by atoms with E-state index >= 15 is 0 Å². The van der Waals surface area contributed by atoms with Crippen LogP contribution >= 0.6 is 0 Å². The number of likely N-dealkylation sites (N-methyl/N-ethyl adjacent to an activating group) is 1. The average Bonchev–Trinajstić information content (AvgIpc) is 2.24. The van der Waals surface area contributed by atoms with Crippen molar-refractivity contribution in [3.8, 4) is 0 Å². The van der Waals surface area contributed by atoms with Gasteiger partial charge in [-0.15, -0.1) is 0 Å². The minimum atomic E-state index is -0.168. The molecule has 1 N–H and O–H groups in total. The molecular weight excluding hydrogens is 166 g/mol. The fourth-order valence-electron chi connectivity index (χ4n) is 1.59. The molecule has 0 bridgehead atoms. The second kappa shape index (κ2) is 3.95. The van der Waals surface area contributed by atoms with Crippen LogP contribution < -0.4 is 0 Å². The quantitative estimate of drug-likeness (QED) is 0.696. The van der Waals surface area contributed by atoms with Gasteiger partial charge in [-0.25, -0.2) is 0 Å². The third-order valence-corrected chi connectivity index (χ3v) is 2.37. The highest BCUT2D eigenvalue weighted by molar-refractivity contribution is 4.83. The summed E-state index contributed by atoms with van der Waals surface area (Å²) in [6, 6.07) is 0.384. The van der Waals surface area contributed by atoms with E-state index in [0.29, 0.717) is 6.04 Å². The summed E-state index contributed by atoms with van der Waals surface area (Å²) in [7, 11) is 2.03. The topological polar surface area (TPSA) is 32.7 Å². The smallest absolute Gasteiger partial charge is 0.0682 e. The monoisotopic (exact) mass is 187 g/mol. The SMILES string of the molecule is CN1C[C@H](O)C[C@@H]1COC(C)(C)C. The van der Waals surface area contributed by atoms with Crippen LogP contribution in [0, 0.1) is 0 Å². The van der Waals surface area contributed by atoms with Crippen LogP contribution in [0.15, 0.2) is 0 Å². The molecule has 0 saturated carbocycles. The Bertz CT molecular complexity index is 165.